The molecule has 20 heavy (non-hydrogen) atoms. The second-order valence-corrected chi connectivity index (χ2v) is 4.44. The monoisotopic (exact) mass is 284 g/mol. The lowest BCUT2D eigenvalue weighted by Gasteiger charge is -2.06. The number of hydrogen-bond acceptors (Lipinski definition) is 3. The number of aliphatic hydroxyl groups excluding tert-OH is 1. The minimum Gasteiger partial charge on any atom is -0.480 e. The molecule has 0 saturated carbocycles. The van der Waals surface area contributed by atoms with Gasteiger partial charge in [-0.15, -0.1) is 0 Å². The lowest BCUT2D eigenvalue weighted by molar-refractivity contribution is -0.137. The van der Waals surface area contributed by atoms with Crippen LogP contribution in [0.15, 0.2) is 12.1 Å². The first-order valence-corrected chi connectivity index (χ1v) is 6.19. The molecular weight excluding hydrogens is 270 g/mol. The Morgan fingerprint density at radius 3 is 2.60 bits per heavy atom. The van der Waals surface area contributed by atoms with E-state index in [-0.39, 0.29) is 24.2 Å². The molecule has 0 unspecified atom stereocenters. The van der Waals surface area contributed by atoms with Crippen molar-refractivity contribution in [2.75, 3.05) is 6.61 Å². The molecule has 0 fully saturated rings. The zero-order chi connectivity index (χ0) is 14.7. The number of rotatable bonds is 6. The number of aromatic nitrogens is 2. The van der Waals surface area contributed by atoms with Crippen molar-refractivity contribution in [1.29, 1.82) is 0 Å². The Morgan fingerprint density at radius 2 is 1.95 bits per heavy atom. The molecule has 0 aliphatic rings. The van der Waals surface area contributed by atoms with Gasteiger partial charge in [0.2, 0.25) is 0 Å². The summed E-state index contributed by atoms with van der Waals surface area (Å²) in [5, 5.41) is 17.7. The summed E-state index contributed by atoms with van der Waals surface area (Å²) in [7, 11) is 0. The van der Waals surface area contributed by atoms with Gasteiger partial charge < -0.3 is 14.8 Å². The van der Waals surface area contributed by atoms with E-state index in [2.05, 4.69) is 4.98 Å². The van der Waals surface area contributed by atoms with Crippen LogP contribution in [0.2, 0.25) is 0 Å². The molecule has 0 atom stereocenters. The van der Waals surface area contributed by atoms with Crippen molar-refractivity contribution in [3.05, 3.63) is 29.6 Å². The Morgan fingerprint density at radius 1 is 1.25 bits per heavy atom. The number of aliphatic carboxylic acids is 1. The maximum absolute atomic E-state index is 13.3. The van der Waals surface area contributed by atoms with E-state index < -0.39 is 17.6 Å². The van der Waals surface area contributed by atoms with Gasteiger partial charge in [0.15, 0.2) is 11.6 Å². The van der Waals surface area contributed by atoms with E-state index in [0.717, 1.165) is 12.1 Å². The SMILES string of the molecule is O=C(O)Cn1c(CCCCO)nc2cc(F)c(F)cc21. The summed E-state index contributed by atoms with van der Waals surface area (Å²) in [6, 6.07) is 1.91. The fraction of sp³-hybridized carbons (Fsp3) is 0.385. The molecule has 1 aromatic carbocycles. The zero-order valence-electron chi connectivity index (χ0n) is 10.6. The lowest BCUT2D eigenvalue weighted by atomic mass is 10.2. The van der Waals surface area contributed by atoms with Crippen LogP contribution < -0.4 is 0 Å². The molecule has 0 saturated heterocycles. The van der Waals surface area contributed by atoms with E-state index >= 15 is 0 Å². The summed E-state index contributed by atoms with van der Waals surface area (Å²) in [5.74, 6) is -2.69. The van der Waals surface area contributed by atoms with Gasteiger partial charge in [0.25, 0.3) is 0 Å². The number of nitrogens with zero attached hydrogens (tertiary/aromatic N) is 2. The average Bonchev–Trinajstić information content (AvgIpc) is 2.68. The number of carboxylic acid groups (broad SMARTS) is 1. The van der Waals surface area contributed by atoms with E-state index in [9.17, 15) is 13.6 Å². The van der Waals surface area contributed by atoms with Gasteiger partial charge in [0, 0.05) is 25.2 Å². The number of imidazole rings is 1. The molecule has 0 aliphatic carbocycles. The molecule has 0 radical (unpaired) electrons. The predicted octanol–water partition coefficient (Wildman–Crippen LogP) is 1.71. The van der Waals surface area contributed by atoms with Crippen molar-refractivity contribution < 1.29 is 23.8 Å². The fourth-order valence-electron chi connectivity index (χ4n) is 2.07. The molecular formula is C13H14F2N2O3. The highest BCUT2D eigenvalue weighted by molar-refractivity contribution is 5.78. The molecule has 1 aromatic heterocycles. The minimum absolute atomic E-state index is 0.0302. The number of aryl methyl sites for hydroxylation is 1. The highest BCUT2D eigenvalue weighted by Gasteiger charge is 2.15. The zero-order valence-corrected chi connectivity index (χ0v) is 10.6. The third-order valence-corrected chi connectivity index (χ3v) is 2.97. The number of benzene rings is 1. The number of fused-ring (bicyclic) bond motifs is 1. The van der Waals surface area contributed by atoms with E-state index in [1.54, 1.807) is 0 Å². The summed E-state index contributed by atoms with van der Waals surface area (Å²) >= 11 is 0. The van der Waals surface area contributed by atoms with Crippen molar-refractivity contribution >= 4 is 17.0 Å². The molecule has 2 N–H and O–H groups in total. The molecule has 2 rings (SSSR count). The van der Waals surface area contributed by atoms with Crippen LogP contribution in [0, 0.1) is 11.6 Å². The van der Waals surface area contributed by atoms with Crippen molar-refractivity contribution in [2.45, 2.75) is 25.8 Å². The van der Waals surface area contributed by atoms with Crippen LogP contribution in [0.4, 0.5) is 8.78 Å². The van der Waals surface area contributed by atoms with Crippen LogP contribution in [-0.4, -0.2) is 32.3 Å². The van der Waals surface area contributed by atoms with E-state index in [1.807, 2.05) is 0 Å². The van der Waals surface area contributed by atoms with Gasteiger partial charge in [-0.2, -0.15) is 0 Å². The number of unbranched alkanes of at least 4 members (excludes halogenated alkanes) is 1. The van der Waals surface area contributed by atoms with Crippen LogP contribution in [0.25, 0.3) is 11.0 Å². The molecule has 7 heteroatoms. The highest BCUT2D eigenvalue weighted by atomic mass is 19.2. The van der Waals surface area contributed by atoms with Crippen molar-refractivity contribution in [2.24, 2.45) is 0 Å². The molecule has 5 nitrogen and oxygen atoms in total. The topological polar surface area (TPSA) is 75.3 Å². The van der Waals surface area contributed by atoms with Crippen LogP contribution in [0.3, 0.4) is 0 Å². The van der Waals surface area contributed by atoms with Crippen molar-refractivity contribution in [3.63, 3.8) is 0 Å². The molecule has 1 heterocycles. The number of carboxylic acids is 1. The van der Waals surface area contributed by atoms with Crippen LogP contribution in [-0.2, 0) is 17.8 Å². The standard InChI is InChI=1S/C13H14F2N2O3/c14-8-5-10-11(6-9(8)15)17(7-13(19)20)12(16-10)3-1-2-4-18/h5-6,18H,1-4,7H2,(H,19,20). The Hall–Kier alpha value is -2.02. The van der Waals surface area contributed by atoms with Gasteiger partial charge in [-0.3, -0.25) is 4.79 Å². The summed E-state index contributed by atoms with van der Waals surface area (Å²) in [5.41, 5.74) is 0.481. The third kappa shape index (κ3) is 2.93. The van der Waals surface area contributed by atoms with E-state index in [1.165, 1.54) is 4.57 Å². The Balaban J connectivity index is 2.45. The van der Waals surface area contributed by atoms with Crippen LogP contribution in [0.1, 0.15) is 18.7 Å². The van der Waals surface area contributed by atoms with Crippen LogP contribution >= 0.6 is 0 Å². The number of aliphatic hydroxyl groups is 1. The summed E-state index contributed by atoms with van der Waals surface area (Å²) < 4.78 is 27.8. The Kier molecular flexibility index (Phi) is 4.29. The Bertz CT molecular complexity index is 640. The lowest BCUT2D eigenvalue weighted by Crippen LogP contribution is -2.12. The number of halogens is 2. The van der Waals surface area contributed by atoms with Gasteiger partial charge in [-0.05, 0) is 12.8 Å². The van der Waals surface area contributed by atoms with Gasteiger partial charge >= 0.3 is 5.97 Å². The van der Waals surface area contributed by atoms with Crippen LogP contribution in [0.5, 0.6) is 0 Å². The van der Waals surface area contributed by atoms with Gasteiger partial charge in [0.1, 0.15) is 12.4 Å². The maximum atomic E-state index is 13.3. The molecule has 0 amide bonds. The first-order chi connectivity index (χ1) is 9.52. The van der Waals surface area contributed by atoms with E-state index in [0.29, 0.717) is 25.1 Å². The smallest absolute Gasteiger partial charge is 0.323 e. The van der Waals surface area contributed by atoms with Gasteiger partial charge in [-0.1, -0.05) is 0 Å². The normalized spacial score (nSPS) is 11.2. The van der Waals surface area contributed by atoms with Crippen molar-refractivity contribution in [3.8, 4) is 0 Å². The fourth-order valence-corrected chi connectivity index (χ4v) is 2.07. The van der Waals surface area contributed by atoms with Gasteiger partial charge in [0.05, 0.1) is 11.0 Å². The minimum atomic E-state index is -1.09. The van der Waals surface area contributed by atoms with Gasteiger partial charge in [-0.25, -0.2) is 13.8 Å². The second-order valence-electron chi connectivity index (χ2n) is 4.44. The maximum Gasteiger partial charge on any atom is 0.323 e. The predicted molar refractivity (Wildman–Crippen MR) is 67.3 cm³/mol. The summed E-state index contributed by atoms with van der Waals surface area (Å²) in [4.78, 5) is 15.0. The molecule has 2 aromatic rings. The molecule has 0 spiro atoms. The summed E-state index contributed by atoms with van der Waals surface area (Å²) in [6.07, 6.45) is 1.61. The quantitative estimate of drug-likeness (QED) is 0.792. The number of hydrogen-bond donors (Lipinski definition) is 2. The number of carbonyl (C=O) groups is 1. The molecule has 0 bridgehead atoms. The first-order valence-electron chi connectivity index (χ1n) is 6.19. The van der Waals surface area contributed by atoms with E-state index in [4.69, 9.17) is 10.2 Å². The largest absolute Gasteiger partial charge is 0.480 e. The molecule has 108 valence electrons. The van der Waals surface area contributed by atoms with Crippen molar-refractivity contribution in [1.82, 2.24) is 9.55 Å². The average molecular weight is 284 g/mol. The first kappa shape index (κ1) is 14.4. The molecule has 0 aliphatic heterocycles. The second kappa shape index (κ2) is 5.96. The summed E-state index contributed by atoms with van der Waals surface area (Å²) in [6.45, 7) is -0.335. The third-order valence-electron chi connectivity index (χ3n) is 2.97. The Labute approximate surface area is 113 Å². The highest BCUT2D eigenvalue weighted by Crippen LogP contribution is 2.21.